The summed E-state index contributed by atoms with van der Waals surface area (Å²) >= 11 is 0. The fraction of sp³-hybridized carbons (Fsp3) is 0.487. The van der Waals surface area contributed by atoms with Gasteiger partial charge >= 0.3 is 0 Å². The quantitative estimate of drug-likeness (QED) is 0.243. The summed E-state index contributed by atoms with van der Waals surface area (Å²) in [6, 6.07) is 22.6. The fourth-order valence-corrected chi connectivity index (χ4v) is 7.41. The number of hydrogen-bond donors (Lipinski definition) is 4. The first-order chi connectivity index (χ1) is 23.4. The maximum atomic E-state index is 14.1. The zero-order valence-electron chi connectivity index (χ0n) is 29.0. The fourth-order valence-electron chi connectivity index (χ4n) is 7.41. The Kier molecular flexibility index (Phi) is 10.6. The average Bonchev–Trinajstić information content (AvgIpc) is 3.67. The summed E-state index contributed by atoms with van der Waals surface area (Å²) in [7, 11) is 0. The van der Waals surface area contributed by atoms with E-state index in [1.807, 2.05) is 100 Å². The summed E-state index contributed by atoms with van der Waals surface area (Å²) in [5, 5.41) is 28.8. The molecule has 0 saturated carbocycles. The van der Waals surface area contributed by atoms with Crippen LogP contribution in [0.3, 0.4) is 0 Å². The molecule has 10 nitrogen and oxygen atoms in total. The summed E-state index contributed by atoms with van der Waals surface area (Å²) in [5.74, 6) is 0.427. The van der Waals surface area contributed by atoms with Crippen LogP contribution in [-0.4, -0.2) is 88.6 Å². The molecule has 1 fully saturated rings. The Morgan fingerprint density at radius 1 is 0.980 bits per heavy atom. The molecule has 6 rings (SSSR count). The predicted octanol–water partition coefficient (Wildman–Crippen LogP) is 3.76. The number of nitrogens with zero attached hydrogens (tertiary/aromatic N) is 2. The van der Waals surface area contributed by atoms with Crippen molar-refractivity contribution in [2.75, 3.05) is 33.0 Å². The van der Waals surface area contributed by atoms with Gasteiger partial charge in [0.2, 0.25) is 18.6 Å². The molecule has 49 heavy (non-hydrogen) atoms. The number of nitrogens with one attached hydrogen (secondary N) is 2. The number of aliphatic hydroxyl groups excluding tert-OH is 2. The van der Waals surface area contributed by atoms with Crippen LogP contribution in [0.4, 0.5) is 0 Å². The molecule has 2 amide bonds. The van der Waals surface area contributed by atoms with Crippen molar-refractivity contribution in [1.82, 2.24) is 20.4 Å². The number of carbonyl (C=O) groups excluding carboxylic acids is 2. The molecule has 2 aliphatic heterocycles. The Hall–Kier alpha value is -3.96. The SMILES string of the molecule is C[C@H](c1ccccc1)[C@@H](C[C@H](O)CN1CCN(Cc2ccc3c(c2)OCO3)C[C@H]1C(=O)NC(C)(C)C)C(=O)N[C@H]1c2ccccc2C[C@H]1O. The topological polar surface area (TPSA) is 124 Å². The first-order valence-electron chi connectivity index (χ1n) is 17.4. The highest BCUT2D eigenvalue weighted by Crippen LogP contribution is 2.35. The molecule has 0 spiro atoms. The van der Waals surface area contributed by atoms with Gasteiger partial charge in [0.05, 0.1) is 18.2 Å². The number of β-amino-alcohol motifs (C(OH)–C–C–N with tert-alkyl or cyclic N) is 1. The van der Waals surface area contributed by atoms with E-state index in [2.05, 4.69) is 20.4 Å². The van der Waals surface area contributed by atoms with Gasteiger partial charge in [-0.15, -0.1) is 0 Å². The van der Waals surface area contributed by atoms with Gasteiger partial charge in [-0.25, -0.2) is 0 Å². The lowest BCUT2D eigenvalue weighted by Crippen LogP contribution is -2.62. The van der Waals surface area contributed by atoms with Gasteiger partial charge in [-0.3, -0.25) is 19.4 Å². The lowest BCUT2D eigenvalue weighted by atomic mass is 9.82. The third kappa shape index (κ3) is 8.44. The zero-order valence-corrected chi connectivity index (χ0v) is 29.0. The van der Waals surface area contributed by atoms with Gasteiger partial charge in [0.15, 0.2) is 11.5 Å². The van der Waals surface area contributed by atoms with E-state index in [9.17, 15) is 19.8 Å². The third-order valence-corrected chi connectivity index (χ3v) is 9.96. The highest BCUT2D eigenvalue weighted by molar-refractivity contribution is 5.83. The summed E-state index contributed by atoms with van der Waals surface area (Å²) in [5.41, 5.74) is 3.62. The maximum Gasteiger partial charge on any atom is 0.239 e. The molecular weight excluding hydrogens is 620 g/mol. The van der Waals surface area contributed by atoms with Gasteiger partial charge in [0, 0.05) is 50.6 Å². The molecule has 0 bridgehead atoms. The van der Waals surface area contributed by atoms with Gasteiger partial charge in [-0.2, -0.15) is 0 Å². The van der Waals surface area contributed by atoms with Gasteiger partial charge < -0.3 is 30.3 Å². The molecular formula is C39H50N4O6. The molecule has 10 heteroatoms. The van der Waals surface area contributed by atoms with Crippen molar-refractivity contribution in [1.29, 1.82) is 0 Å². The second kappa shape index (κ2) is 14.9. The van der Waals surface area contributed by atoms with Crippen molar-refractivity contribution in [3.05, 3.63) is 95.1 Å². The van der Waals surface area contributed by atoms with Crippen LogP contribution in [0.5, 0.6) is 11.5 Å². The second-order valence-electron chi connectivity index (χ2n) is 14.8. The van der Waals surface area contributed by atoms with Crippen molar-refractivity contribution >= 4 is 11.8 Å². The largest absolute Gasteiger partial charge is 0.454 e. The van der Waals surface area contributed by atoms with Crippen LogP contribution in [0.2, 0.25) is 0 Å². The third-order valence-electron chi connectivity index (χ3n) is 9.96. The molecule has 1 saturated heterocycles. The van der Waals surface area contributed by atoms with Crippen molar-refractivity contribution in [2.24, 2.45) is 5.92 Å². The number of carbonyl (C=O) groups is 2. The summed E-state index contributed by atoms with van der Waals surface area (Å²) in [6.45, 7) is 10.8. The molecule has 0 aromatic heterocycles. The first-order valence-corrected chi connectivity index (χ1v) is 17.4. The van der Waals surface area contributed by atoms with Crippen LogP contribution in [-0.2, 0) is 22.6 Å². The van der Waals surface area contributed by atoms with Crippen molar-refractivity contribution in [3.63, 3.8) is 0 Å². The van der Waals surface area contributed by atoms with E-state index in [4.69, 9.17) is 9.47 Å². The number of piperazine rings is 1. The van der Waals surface area contributed by atoms with E-state index in [0.29, 0.717) is 32.6 Å². The van der Waals surface area contributed by atoms with Gasteiger partial charge in [0.25, 0.3) is 0 Å². The van der Waals surface area contributed by atoms with E-state index in [1.54, 1.807) is 0 Å². The van der Waals surface area contributed by atoms with E-state index < -0.39 is 35.7 Å². The predicted molar refractivity (Wildman–Crippen MR) is 187 cm³/mol. The molecule has 0 radical (unpaired) electrons. The second-order valence-corrected chi connectivity index (χ2v) is 14.8. The standard InChI is InChI=1S/C39H50N4O6/c1-25(27-10-6-5-7-11-27)31(37(46)40-36-30-13-9-8-12-28(30)19-33(36)45)20-29(44)22-43-17-16-42(23-32(43)38(47)41-39(2,3)4)21-26-14-15-34-35(18-26)49-24-48-34/h5-15,18,25,29,31-33,36,44-45H,16-17,19-24H2,1-4H3,(H,40,46)(H,41,47)/t25-,29+,31-,32+,33-,36+/m1/s1. The number of benzene rings is 3. The Morgan fingerprint density at radius 3 is 2.49 bits per heavy atom. The highest BCUT2D eigenvalue weighted by Gasteiger charge is 2.38. The van der Waals surface area contributed by atoms with Crippen molar-refractivity contribution < 1.29 is 29.3 Å². The molecule has 1 aliphatic carbocycles. The molecule has 3 aromatic rings. The number of fused-ring (bicyclic) bond motifs is 2. The monoisotopic (exact) mass is 670 g/mol. The Balaban J connectivity index is 1.17. The molecule has 2 heterocycles. The molecule has 6 atom stereocenters. The minimum absolute atomic E-state index is 0.0871. The molecule has 262 valence electrons. The Bertz CT molecular complexity index is 1610. The minimum atomic E-state index is -0.868. The lowest BCUT2D eigenvalue weighted by Gasteiger charge is -2.42. The Labute approximate surface area is 289 Å². The number of ether oxygens (including phenoxy) is 2. The number of rotatable bonds is 11. The van der Waals surface area contributed by atoms with E-state index in [-0.39, 0.29) is 37.5 Å². The lowest BCUT2D eigenvalue weighted by molar-refractivity contribution is -0.132. The maximum absolute atomic E-state index is 14.1. The normalized spacial score (nSPS) is 22.6. The van der Waals surface area contributed by atoms with E-state index in [0.717, 1.165) is 33.8 Å². The first kappa shape index (κ1) is 34.9. The number of aliphatic hydroxyl groups is 2. The van der Waals surface area contributed by atoms with E-state index >= 15 is 0 Å². The van der Waals surface area contributed by atoms with Crippen LogP contribution in [0, 0.1) is 5.92 Å². The van der Waals surface area contributed by atoms with Crippen molar-refractivity contribution in [2.45, 2.75) is 82.8 Å². The van der Waals surface area contributed by atoms with Crippen LogP contribution >= 0.6 is 0 Å². The van der Waals surface area contributed by atoms with Crippen LogP contribution < -0.4 is 20.1 Å². The summed E-state index contributed by atoms with van der Waals surface area (Å²) in [6.07, 6.45) is -0.887. The summed E-state index contributed by atoms with van der Waals surface area (Å²) in [4.78, 5) is 32.1. The highest BCUT2D eigenvalue weighted by atomic mass is 16.7. The molecule has 3 aliphatic rings. The molecule has 3 aromatic carbocycles. The smallest absolute Gasteiger partial charge is 0.239 e. The molecule has 0 unspecified atom stereocenters. The summed E-state index contributed by atoms with van der Waals surface area (Å²) < 4.78 is 11.0. The Morgan fingerprint density at radius 2 is 1.71 bits per heavy atom. The average molecular weight is 671 g/mol. The van der Waals surface area contributed by atoms with Crippen molar-refractivity contribution in [3.8, 4) is 11.5 Å². The number of amides is 2. The van der Waals surface area contributed by atoms with Crippen LogP contribution in [0.15, 0.2) is 72.8 Å². The van der Waals surface area contributed by atoms with Crippen LogP contribution in [0.1, 0.15) is 68.3 Å². The van der Waals surface area contributed by atoms with Gasteiger partial charge in [-0.1, -0.05) is 67.6 Å². The number of hydrogen-bond acceptors (Lipinski definition) is 8. The van der Waals surface area contributed by atoms with E-state index in [1.165, 1.54) is 0 Å². The minimum Gasteiger partial charge on any atom is -0.454 e. The molecule has 4 N–H and O–H groups in total. The van der Waals surface area contributed by atoms with Crippen LogP contribution in [0.25, 0.3) is 0 Å². The van der Waals surface area contributed by atoms with Gasteiger partial charge in [-0.05, 0) is 67.5 Å². The zero-order chi connectivity index (χ0) is 34.7. The van der Waals surface area contributed by atoms with Gasteiger partial charge in [0.1, 0.15) is 6.04 Å².